The van der Waals surface area contributed by atoms with Gasteiger partial charge in [0.1, 0.15) is 0 Å². The third-order valence-corrected chi connectivity index (χ3v) is 8.93. The summed E-state index contributed by atoms with van der Waals surface area (Å²) in [5, 5.41) is 14.9. The van der Waals surface area contributed by atoms with Crippen LogP contribution >= 0.6 is 0 Å². The molecule has 12 heteroatoms. The molecule has 2 saturated heterocycles. The largest absolute Gasteiger partial charge is 0.378 e. The van der Waals surface area contributed by atoms with E-state index in [9.17, 15) is 4.79 Å². The first-order valence-corrected chi connectivity index (χ1v) is 16.5. The van der Waals surface area contributed by atoms with Gasteiger partial charge in [0.15, 0.2) is 22.8 Å². The van der Waals surface area contributed by atoms with E-state index in [1.807, 2.05) is 83.8 Å². The van der Waals surface area contributed by atoms with Crippen LogP contribution < -0.4 is 15.5 Å². The van der Waals surface area contributed by atoms with Gasteiger partial charge in [0.2, 0.25) is 0 Å². The van der Waals surface area contributed by atoms with E-state index in [4.69, 9.17) is 14.7 Å². The molecular formula is C37H36N10O2. The Labute approximate surface area is 283 Å². The second-order valence-corrected chi connectivity index (χ2v) is 12.4. The molecule has 0 aliphatic carbocycles. The number of para-hydroxylation sites is 1. The van der Waals surface area contributed by atoms with E-state index in [1.54, 1.807) is 0 Å². The first kappa shape index (κ1) is 30.6. The van der Waals surface area contributed by atoms with Crippen molar-refractivity contribution in [2.45, 2.75) is 13.1 Å². The fraction of sp³-hybridized carbons (Fsp3) is 0.243. The molecule has 2 aliphatic heterocycles. The Morgan fingerprint density at radius 1 is 0.776 bits per heavy atom. The van der Waals surface area contributed by atoms with Crippen molar-refractivity contribution in [3.05, 3.63) is 109 Å². The normalized spacial score (nSPS) is 15.2. The van der Waals surface area contributed by atoms with Gasteiger partial charge in [0.25, 0.3) is 0 Å². The highest BCUT2D eigenvalue weighted by atomic mass is 16.5. The average molecular weight is 653 g/mol. The number of amides is 2. The quantitative estimate of drug-likeness (QED) is 0.206. The van der Waals surface area contributed by atoms with Crippen molar-refractivity contribution in [2.75, 3.05) is 54.9 Å². The number of pyridine rings is 1. The summed E-state index contributed by atoms with van der Waals surface area (Å²) < 4.78 is 7.55. The maximum atomic E-state index is 12.5. The number of rotatable bonds is 9. The number of carbonyl (C=O) groups is 1. The summed E-state index contributed by atoms with van der Waals surface area (Å²) in [4.78, 5) is 31.3. The number of morpholine rings is 1. The van der Waals surface area contributed by atoms with Gasteiger partial charge >= 0.3 is 6.03 Å². The van der Waals surface area contributed by atoms with Crippen LogP contribution in [0.4, 0.5) is 22.0 Å². The molecule has 0 atom stereocenters. The second-order valence-electron chi connectivity index (χ2n) is 12.4. The van der Waals surface area contributed by atoms with E-state index < -0.39 is 0 Å². The van der Waals surface area contributed by atoms with Gasteiger partial charge in [-0.15, -0.1) is 5.10 Å². The number of anilines is 3. The molecule has 0 radical (unpaired) electrons. The lowest BCUT2D eigenvalue weighted by Crippen LogP contribution is -2.47. The summed E-state index contributed by atoms with van der Waals surface area (Å²) in [5.41, 5.74) is 7.32. The molecule has 0 spiro atoms. The number of hydrogen-bond acceptors (Lipinski definition) is 9. The van der Waals surface area contributed by atoms with Gasteiger partial charge < -0.3 is 20.3 Å². The number of benzene rings is 3. The van der Waals surface area contributed by atoms with Crippen molar-refractivity contribution < 1.29 is 9.53 Å². The predicted octanol–water partition coefficient (Wildman–Crippen LogP) is 5.56. The van der Waals surface area contributed by atoms with Gasteiger partial charge in [0, 0.05) is 68.0 Å². The molecule has 2 amide bonds. The van der Waals surface area contributed by atoms with Crippen LogP contribution in [0.5, 0.6) is 0 Å². The number of urea groups is 1. The van der Waals surface area contributed by atoms with Crippen LogP contribution in [0.3, 0.4) is 0 Å². The molecule has 0 bridgehead atoms. The number of aromatic nitrogens is 6. The SMILES string of the molecule is O=C(Nc1ccccc1)Nc1ccc(-c2nc(N3CCOCC3)c3nnn(CC4CN(Cc5ccc(-c6ccncc6)cc5)C4)c3n2)cc1. The molecule has 2 aliphatic rings. The zero-order valence-corrected chi connectivity index (χ0v) is 26.9. The zero-order valence-electron chi connectivity index (χ0n) is 26.9. The molecular weight excluding hydrogens is 616 g/mol. The van der Waals surface area contributed by atoms with Crippen LogP contribution in [0, 0.1) is 5.92 Å². The Morgan fingerprint density at radius 3 is 2.18 bits per heavy atom. The number of ether oxygens (including phenoxy) is 1. The monoisotopic (exact) mass is 652 g/mol. The molecule has 2 N–H and O–H groups in total. The molecule has 246 valence electrons. The molecule has 0 unspecified atom stereocenters. The number of nitrogens with zero attached hydrogens (tertiary/aromatic N) is 8. The first-order valence-electron chi connectivity index (χ1n) is 16.5. The van der Waals surface area contributed by atoms with Crippen LogP contribution in [0.1, 0.15) is 5.56 Å². The summed E-state index contributed by atoms with van der Waals surface area (Å²) in [6.45, 7) is 6.30. The molecule has 8 rings (SSSR count). The van der Waals surface area contributed by atoms with Crippen LogP contribution in [0.2, 0.25) is 0 Å². The summed E-state index contributed by atoms with van der Waals surface area (Å²) >= 11 is 0. The highest BCUT2D eigenvalue weighted by Gasteiger charge is 2.29. The van der Waals surface area contributed by atoms with Crippen LogP contribution in [0.15, 0.2) is 103 Å². The highest BCUT2D eigenvalue weighted by Crippen LogP contribution is 2.29. The van der Waals surface area contributed by atoms with Gasteiger partial charge in [-0.3, -0.25) is 9.88 Å². The van der Waals surface area contributed by atoms with E-state index in [-0.39, 0.29) is 6.03 Å². The molecule has 6 aromatic rings. The predicted molar refractivity (Wildman–Crippen MR) is 189 cm³/mol. The minimum absolute atomic E-state index is 0.310. The number of nitrogens with one attached hydrogen (secondary N) is 2. The van der Waals surface area contributed by atoms with Gasteiger partial charge in [-0.1, -0.05) is 47.7 Å². The van der Waals surface area contributed by atoms with E-state index in [0.717, 1.165) is 62.0 Å². The lowest BCUT2D eigenvalue weighted by molar-refractivity contribution is 0.0782. The van der Waals surface area contributed by atoms with E-state index >= 15 is 0 Å². The van der Waals surface area contributed by atoms with Gasteiger partial charge in [-0.05, 0) is 65.2 Å². The third kappa shape index (κ3) is 6.96. The van der Waals surface area contributed by atoms with Gasteiger partial charge in [-0.25, -0.2) is 19.4 Å². The van der Waals surface area contributed by atoms with Crippen molar-refractivity contribution in [2.24, 2.45) is 5.92 Å². The number of carbonyl (C=O) groups excluding carboxylic acids is 1. The zero-order chi connectivity index (χ0) is 33.0. The number of hydrogen-bond donors (Lipinski definition) is 2. The van der Waals surface area contributed by atoms with Gasteiger partial charge in [-0.2, -0.15) is 0 Å². The Kier molecular flexibility index (Phi) is 8.61. The van der Waals surface area contributed by atoms with E-state index in [0.29, 0.717) is 36.2 Å². The summed E-state index contributed by atoms with van der Waals surface area (Å²) in [6, 6.07) is 29.4. The highest BCUT2D eigenvalue weighted by molar-refractivity contribution is 5.99. The molecule has 3 aromatic heterocycles. The first-order chi connectivity index (χ1) is 24.1. The van der Waals surface area contributed by atoms with Crippen LogP contribution in [0.25, 0.3) is 33.7 Å². The Morgan fingerprint density at radius 2 is 1.45 bits per heavy atom. The molecule has 49 heavy (non-hydrogen) atoms. The second kappa shape index (κ2) is 13.8. The molecule has 12 nitrogen and oxygen atoms in total. The summed E-state index contributed by atoms with van der Waals surface area (Å²) in [6.07, 6.45) is 3.65. The Balaban J connectivity index is 0.963. The maximum absolute atomic E-state index is 12.5. The Bertz CT molecular complexity index is 2020. The fourth-order valence-electron chi connectivity index (χ4n) is 6.38. The third-order valence-electron chi connectivity index (χ3n) is 8.93. The lowest BCUT2D eigenvalue weighted by Gasteiger charge is -2.39. The Hall–Kier alpha value is -5.72. The van der Waals surface area contributed by atoms with Crippen molar-refractivity contribution >= 4 is 34.4 Å². The molecule has 0 saturated carbocycles. The maximum Gasteiger partial charge on any atom is 0.323 e. The summed E-state index contributed by atoms with van der Waals surface area (Å²) in [7, 11) is 0. The minimum atomic E-state index is -0.310. The smallest absolute Gasteiger partial charge is 0.323 e. The van der Waals surface area contributed by atoms with E-state index in [2.05, 4.69) is 60.0 Å². The van der Waals surface area contributed by atoms with Crippen molar-refractivity contribution in [3.63, 3.8) is 0 Å². The molecule has 2 fully saturated rings. The van der Waals surface area contributed by atoms with Crippen molar-refractivity contribution in [3.8, 4) is 22.5 Å². The standard InChI is InChI=1S/C37H36N10O2/c48-37(39-31-4-2-1-3-5-31)40-32-12-10-30(11-13-32)34-41-35(46-18-20-49-21-19-46)33-36(42-34)47(44-43-33)25-27-23-45(24-27)22-26-6-8-28(9-7-26)29-14-16-38-17-15-29/h1-17,27H,18-25H2,(H2,39,40,48). The van der Waals surface area contributed by atoms with Gasteiger partial charge in [0.05, 0.1) is 19.8 Å². The van der Waals surface area contributed by atoms with Crippen molar-refractivity contribution in [1.82, 2.24) is 34.8 Å². The average Bonchev–Trinajstić information content (AvgIpc) is 3.54. The van der Waals surface area contributed by atoms with Crippen LogP contribution in [-0.2, 0) is 17.8 Å². The minimum Gasteiger partial charge on any atom is -0.378 e. The number of fused-ring (bicyclic) bond motifs is 1. The van der Waals surface area contributed by atoms with Crippen LogP contribution in [-0.4, -0.2) is 80.3 Å². The topological polar surface area (TPSA) is 126 Å². The summed E-state index contributed by atoms with van der Waals surface area (Å²) in [5.74, 6) is 1.80. The molecule has 3 aromatic carbocycles. The molecule has 5 heterocycles. The number of likely N-dealkylation sites (tertiary alicyclic amines) is 1. The van der Waals surface area contributed by atoms with E-state index in [1.165, 1.54) is 16.7 Å². The fourth-order valence-corrected chi connectivity index (χ4v) is 6.38. The van der Waals surface area contributed by atoms with Crippen molar-refractivity contribution in [1.29, 1.82) is 0 Å². The lowest BCUT2D eigenvalue weighted by atomic mass is 9.98.